The molecule has 0 aromatic carbocycles. The maximum atomic E-state index is 13.7. The second-order valence-electron chi connectivity index (χ2n) is 18.9. The summed E-state index contributed by atoms with van der Waals surface area (Å²) in [5.41, 5.74) is 1.93. The van der Waals surface area contributed by atoms with Crippen LogP contribution in [0, 0.1) is 35.5 Å². The predicted octanol–water partition coefficient (Wildman–Crippen LogP) is 8.59. The molecule has 0 N–H and O–H groups in total. The fourth-order valence-corrected chi connectivity index (χ4v) is 9.37. The van der Waals surface area contributed by atoms with Gasteiger partial charge in [-0.3, -0.25) is 9.59 Å². The molecule has 2 aliphatic rings. The Hall–Kier alpha value is -3.76. The number of rotatable bonds is 19. The normalized spacial score (nSPS) is 31.9. The van der Waals surface area contributed by atoms with Crippen molar-refractivity contribution in [3.63, 3.8) is 0 Å². The fraction of sp³-hybridized carbons (Fsp3) is 0.704. The van der Waals surface area contributed by atoms with Gasteiger partial charge in [-0.15, -0.1) is 0 Å². The molecule has 2 rings (SSSR count). The SMILES string of the molecule is COC1/C=C/[C@H](C)C([C@@H](C)C(OC)[C@@H](C)CCC(=O)C(C)[C@@H](C/C=C/N(C)C=O)OC)OC(=O)/C=C/C=C(\C)CC(OC)CC2=CC(=O)OC(C2)[C@H](C)[C@H](OC)CC(OC)/C=C/C(C)C(OC)C1. The molecule has 0 saturated heterocycles. The first-order valence-corrected chi connectivity index (χ1v) is 24.3. The van der Waals surface area contributed by atoms with Gasteiger partial charge in [0.25, 0.3) is 0 Å². The summed E-state index contributed by atoms with van der Waals surface area (Å²) in [5, 5.41) is 0. The van der Waals surface area contributed by atoms with Crippen molar-refractivity contribution in [1.29, 1.82) is 0 Å². The molecule has 14 heteroatoms. The minimum atomic E-state index is -0.609. The molecule has 0 spiro atoms. The smallest absolute Gasteiger partial charge is 0.331 e. The van der Waals surface area contributed by atoms with Crippen LogP contribution in [-0.2, 0) is 61.8 Å². The minimum Gasteiger partial charge on any atom is -0.458 e. The lowest BCUT2D eigenvalue weighted by molar-refractivity contribution is -0.152. The Bertz CT molecular complexity index is 1700. The Morgan fingerprint density at radius 2 is 1.43 bits per heavy atom. The summed E-state index contributed by atoms with van der Waals surface area (Å²) < 4.78 is 53.8. The Labute approximate surface area is 408 Å². The van der Waals surface area contributed by atoms with Gasteiger partial charge in [0.15, 0.2) is 0 Å². The molecule has 68 heavy (non-hydrogen) atoms. The number of esters is 2. The molecular formula is C54H87NO13. The van der Waals surface area contributed by atoms with Gasteiger partial charge in [-0.1, -0.05) is 95.2 Å². The average Bonchev–Trinajstić information content (AvgIpc) is 3.32. The number of ether oxygens (including phenoxy) is 9. The van der Waals surface area contributed by atoms with Crippen molar-refractivity contribution in [2.24, 2.45) is 35.5 Å². The summed E-state index contributed by atoms with van der Waals surface area (Å²) in [6, 6.07) is 0. The third-order valence-corrected chi connectivity index (χ3v) is 13.9. The maximum Gasteiger partial charge on any atom is 0.331 e. The van der Waals surface area contributed by atoms with Crippen LogP contribution in [0.5, 0.6) is 0 Å². The lowest BCUT2D eigenvalue weighted by Crippen LogP contribution is -2.41. The van der Waals surface area contributed by atoms with E-state index in [1.54, 1.807) is 75.2 Å². The number of nitrogens with zero attached hydrogens (tertiary/aromatic N) is 1. The highest BCUT2D eigenvalue weighted by molar-refractivity contribution is 5.84. The zero-order valence-corrected chi connectivity index (χ0v) is 43.9. The lowest BCUT2D eigenvalue weighted by Gasteiger charge is -2.35. The van der Waals surface area contributed by atoms with E-state index in [4.69, 9.17) is 42.6 Å². The van der Waals surface area contributed by atoms with Gasteiger partial charge in [0.05, 0.1) is 42.7 Å². The van der Waals surface area contributed by atoms with Gasteiger partial charge >= 0.3 is 11.9 Å². The molecule has 0 aromatic heterocycles. The van der Waals surface area contributed by atoms with Crippen molar-refractivity contribution in [3.05, 3.63) is 72.0 Å². The Morgan fingerprint density at radius 1 is 0.794 bits per heavy atom. The van der Waals surface area contributed by atoms with Gasteiger partial charge in [-0.2, -0.15) is 0 Å². The van der Waals surface area contributed by atoms with Crippen molar-refractivity contribution in [2.75, 3.05) is 56.8 Å². The van der Waals surface area contributed by atoms with Crippen LogP contribution in [0.4, 0.5) is 0 Å². The second kappa shape index (κ2) is 32.2. The quantitative estimate of drug-likeness (QED) is 0.0691. The number of fused-ring (bicyclic) bond motifs is 2. The number of ketones is 1. The first kappa shape index (κ1) is 60.4. The van der Waals surface area contributed by atoms with Gasteiger partial charge in [-0.25, -0.2) is 9.59 Å². The Morgan fingerprint density at radius 3 is 2.00 bits per heavy atom. The van der Waals surface area contributed by atoms with E-state index >= 15 is 0 Å². The van der Waals surface area contributed by atoms with E-state index in [0.29, 0.717) is 57.8 Å². The van der Waals surface area contributed by atoms with E-state index in [0.717, 1.165) is 11.1 Å². The molecule has 0 saturated carbocycles. The van der Waals surface area contributed by atoms with Gasteiger partial charge in [0.2, 0.25) is 6.41 Å². The monoisotopic (exact) mass is 958 g/mol. The van der Waals surface area contributed by atoms with Crippen LogP contribution in [0.25, 0.3) is 0 Å². The average molecular weight is 958 g/mol. The molecule has 2 bridgehead atoms. The summed E-state index contributed by atoms with van der Waals surface area (Å²) in [6.07, 6.45) is 20.1. The number of Topliss-reactive ketones (excluding diaryl/α,β-unsaturated/α-hetero) is 1. The first-order chi connectivity index (χ1) is 32.4. The summed E-state index contributed by atoms with van der Waals surface area (Å²) in [5.74, 6) is -1.91. The molecule has 14 nitrogen and oxygen atoms in total. The lowest BCUT2D eigenvalue weighted by atomic mass is 9.81. The second-order valence-corrected chi connectivity index (χ2v) is 18.9. The largest absolute Gasteiger partial charge is 0.458 e. The molecule has 0 radical (unpaired) electrons. The van der Waals surface area contributed by atoms with Crippen LogP contribution in [-0.4, -0.2) is 141 Å². The Balaban J connectivity index is 2.49. The number of carbonyl (C=O) groups is 4. The molecular weight excluding hydrogens is 871 g/mol. The number of cyclic esters (lactones) is 1. The molecule has 0 aliphatic carbocycles. The molecule has 2 heterocycles. The fourth-order valence-electron chi connectivity index (χ4n) is 9.37. The van der Waals surface area contributed by atoms with Gasteiger partial charge in [0.1, 0.15) is 18.0 Å². The molecule has 386 valence electrons. The van der Waals surface area contributed by atoms with Crippen LogP contribution >= 0.6 is 0 Å². The number of allylic oxidation sites excluding steroid dienone is 2. The third-order valence-electron chi connectivity index (χ3n) is 13.9. The van der Waals surface area contributed by atoms with E-state index in [-0.39, 0.29) is 96.1 Å². The van der Waals surface area contributed by atoms with Crippen molar-refractivity contribution >= 4 is 24.1 Å². The summed E-state index contributed by atoms with van der Waals surface area (Å²) in [6.45, 7) is 14.1. The molecule has 0 fully saturated rings. The highest BCUT2D eigenvalue weighted by atomic mass is 16.6. The van der Waals surface area contributed by atoms with Crippen LogP contribution in [0.2, 0.25) is 0 Å². The van der Waals surface area contributed by atoms with Crippen LogP contribution in [0.15, 0.2) is 72.0 Å². The summed E-state index contributed by atoms with van der Waals surface area (Å²) in [7, 11) is 13.3. The molecule has 9 unspecified atom stereocenters. The Kier molecular flexibility index (Phi) is 28.6. The molecule has 0 aromatic rings. The maximum absolute atomic E-state index is 13.7. The molecule has 2 aliphatic heterocycles. The van der Waals surface area contributed by atoms with Crippen molar-refractivity contribution in [2.45, 2.75) is 155 Å². The van der Waals surface area contributed by atoms with Gasteiger partial charge in [0, 0.05) is 130 Å². The number of hydrogen-bond acceptors (Lipinski definition) is 13. The first-order valence-electron chi connectivity index (χ1n) is 24.3. The van der Waals surface area contributed by atoms with E-state index in [9.17, 15) is 19.2 Å². The van der Waals surface area contributed by atoms with E-state index < -0.39 is 12.1 Å². The van der Waals surface area contributed by atoms with Crippen molar-refractivity contribution in [1.82, 2.24) is 4.90 Å². The summed E-state index contributed by atoms with van der Waals surface area (Å²) in [4.78, 5) is 52.5. The number of amides is 1. The van der Waals surface area contributed by atoms with Crippen molar-refractivity contribution in [3.8, 4) is 0 Å². The zero-order valence-electron chi connectivity index (χ0n) is 43.9. The van der Waals surface area contributed by atoms with Crippen LogP contribution in [0.1, 0.15) is 99.8 Å². The van der Waals surface area contributed by atoms with E-state index in [2.05, 4.69) is 19.9 Å². The molecule has 15 atom stereocenters. The van der Waals surface area contributed by atoms with Crippen molar-refractivity contribution < 1.29 is 61.8 Å². The summed E-state index contributed by atoms with van der Waals surface area (Å²) >= 11 is 0. The zero-order chi connectivity index (χ0) is 50.9. The topological polar surface area (TPSA) is 155 Å². The van der Waals surface area contributed by atoms with Crippen LogP contribution < -0.4 is 0 Å². The number of hydrogen-bond donors (Lipinski definition) is 0. The highest BCUT2D eigenvalue weighted by Crippen LogP contribution is 2.33. The third kappa shape index (κ3) is 20.3. The van der Waals surface area contributed by atoms with Gasteiger partial charge in [-0.05, 0) is 38.5 Å². The van der Waals surface area contributed by atoms with E-state index in [1.807, 2.05) is 65.0 Å². The predicted molar refractivity (Wildman–Crippen MR) is 264 cm³/mol. The highest BCUT2D eigenvalue weighted by Gasteiger charge is 2.37. The van der Waals surface area contributed by atoms with E-state index in [1.165, 1.54) is 11.0 Å². The number of carbonyl (C=O) groups excluding carboxylic acids is 4. The number of methoxy groups -OCH3 is 7. The molecule has 1 amide bonds. The van der Waals surface area contributed by atoms with Gasteiger partial charge < -0.3 is 47.5 Å². The minimum absolute atomic E-state index is 0.0107. The standard InChI is InChI=1S/C54H87NO13/c1-35-18-16-20-51(58)68-54(41(7)53(66-15)37(3)23-26-46(57)39(5)47(63-12)19-17-27-55(8)34-56)38(4)22-25-43(60-9)32-48(64-13)36(2)21-24-44(61-10)33-49(65-14)40(6)50-30-42(31-52(59)67-50)29-45(28-35)62-11/h16-18,20-22,24-25,27,31,34,36-41,43-45,47-50,53-54H,19,23,26,28-30,32-33H2,1-15H3/b20-16+,24-21+,25-22+,27-17+,35-18+/t36?,37-,38-,39?,40+,41-,43?,44?,45?,47+,48?,49+,50?,53?,54?/m0/s1. The van der Waals surface area contributed by atoms with Crippen LogP contribution in [0.3, 0.4) is 0 Å².